The van der Waals surface area contributed by atoms with Crippen molar-refractivity contribution < 1.29 is 4.79 Å². The van der Waals surface area contributed by atoms with Crippen molar-refractivity contribution in [2.75, 3.05) is 5.32 Å². The topological polar surface area (TPSA) is 72.7 Å². The molecule has 0 aliphatic heterocycles. The van der Waals surface area contributed by atoms with E-state index in [1.807, 2.05) is 12.1 Å². The first-order chi connectivity index (χ1) is 14.1. The fourth-order valence-electron chi connectivity index (χ4n) is 3.02. The number of carbonyl (C=O) groups is 1. The highest BCUT2D eigenvalue weighted by Crippen LogP contribution is 2.27. The number of amides is 1. The highest BCUT2D eigenvalue weighted by Gasteiger charge is 2.13. The monoisotopic (exact) mass is 405 g/mol. The summed E-state index contributed by atoms with van der Waals surface area (Å²) in [6.07, 6.45) is 6.54. The third kappa shape index (κ3) is 4.27. The quantitative estimate of drug-likeness (QED) is 0.486. The van der Waals surface area contributed by atoms with Crippen LogP contribution in [0.3, 0.4) is 0 Å². The van der Waals surface area contributed by atoms with Crippen LogP contribution in [-0.2, 0) is 6.42 Å². The average Bonchev–Trinajstić information content (AvgIpc) is 3.16. The number of benzene rings is 2. The Morgan fingerprint density at radius 3 is 2.55 bits per heavy atom. The van der Waals surface area contributed by atoms with Crippen molar-refractivity contribution in [2.24, 2.45) is 0 Å². The van der Waals surface area contributed by atoms with Gasteiger partial charge in [0, 0.05) is 12.4 Å². The van der Waals surface area contributed by atoms with Crippen LogP contribution in [0.15, 0.2) is 60.9 Å². The number of unbranched alkanes of at least 4 members (excludes halogenated alkanes) is 1. The highest BCUT2D eigenvalue weighted by molar-refractivity contribution is 6.34. The number of aryl methyl sites for hydroxylation is 1. The summed E-state index contributed by atoms with van der Waals surface area (Å²) in [6, 6.07) is 15.1. The van der Waals surface area contributed by atoms with Crippen molar-refractivity contribution >= 4 is 34.2 Å². The zero-order valence-electron chi connectivity index (χ0n) is 16.0. The molecule has 4 aromatic rings. The number of fused-ring (bicyclic) bond motifs is 1. The molecule has 0 radical (unpaired) electrons. The second kappa shape index (κ2) is 8.41. The van der Waals surface area contributed by atoms with E-state index in [0.29, 0.717) is 27.3 Å². The molecule has 1 N–H and O–H groups in total. The van der Waals surface area contributed by atoms with E-state index in [4.69, 9.17) is 11.6 Å². The summed E-state index contributed by atoms with van der Waals surface area (Å²) in [4.78, 5) is 17.9. The number of aromatic nitrogens is 4. The maximum Gasteiger partial charge on any atom is 0.257 e. The molecule has 6 nitrogen and oxygen atoms in total. The Bertz CT molecular complexity index is 1140. The molecule has 7 heteroatoms. The number of carbonyl (C=O) groups excluding carboxylic acids is 1. The maximum absolute atomic E-state index is 12.4. The predicted molar refractivity (Wildman–Crippen MR) is 115 cm³/mol. The molecule has 0 unspecified atom stereocenters. The van der Waals surface area contributed by atoms with Crippen LogP contribution in [0.2, 0.25) is 5.02 Å². The Morgan fingerprint density at radius 2 is 1.86 bits per heavy atom. The van der Waals surface area contributed by atoms with E-state index in [2.05, 4.69) is 39.6 Å². The van der Waals surface area contributed by atoms with E-state index in [1.165, 1.54) is 24.6 Å². The second-order valence-electron chi connectivity index (χ2n) is 6.78. The smallest absolute Gasteiger partial charge is 0.257 e. The van der Waals surface area contributed by atoms with Gasteiger partial charge in [-0.15, -0.1) is 10.2 Å². The Balaban J connectivity index is 1.59. The molecule has 1 amide bonds. The zero-order chi connectivity index (χ0) is 20.2. The molecule has 0 spiro atoms. The van der Waals surface area contributed by atoms with Gasteiger partial charge < -0.3 is 5.32 Å². The van der Waals surface area contributed by atoms with Crippen molar-refractivity contribution in [1.29, 1.82) is 0 Å². The summed E-state index contributed by atoms with van der Waals surface area (Å²) in [6.45, 7) is 2.19. The van der Waals surface area contributed by atoms with Gasteiger partial charge in [-0.2, -0.15) is 4.80 Å². The van der Waals surface area contributed by atoms with Crippen LogP contribution >= 0.6 is 11.6 Å². The third-order valence-electron chi connectivity index (χ3n) is 4.63. The average molecular weight is 406 g/mol. The molecule has 0 saturated heterocycles. The molecular weight excluding hydrogens is 386 g/mol. The minimum atomic E-state index is -0.283. The lowest BCUT2D eigenvalue weighted by atomic mass is 10.1. The molecule has 0 aliphatic rings. The summed E-state index contributed by atoms with van der Waals surface area (Å²) >= 11 is 6.35. The van der Waals surface area contributed by atoms with Crippen molar-refractivity contribution in [3.05, 3.63) is 77.1 Å². The van der Waals surface area contributed by atoms with Crippen LogP contribution in [0.25, 0.3) is 16.7 Å². The van der Waals surface area contributed by atoms with E-state index in [9.17, 15) is 4.79 Å². The summed E-state index contributed by atoms with van der Waals surface area (Å²) in [7, 11) is 0. The van der Waals surface area contributed by atoms with Gasteiger partial charge in [0.1, 0.15) is 11.0 Å². The van der Waals surface area contributed by atoms with Gasteiger partial charge in [-0.3, -0.25) is 9.78 Å². The van der Waals surface area contributed by atoms with Crippen molar-refractivity contribution in [1.82, 2.24) is 20.0 Å². The normalized spacial score (nSPS) is 11.0. The Kier molecular flexibility index (Phi) is 5.53. The Labute approximate surface area is 173 Å². The second-order valence-corrected chi connectivity index (χ2v) is 7.18. The standard InChI is InChI=1S/C22H20ClN5O/c1-2-3-5-15-7-9-17(10-8-15)28-26-20-12-18(23)19(13-21(20)27-28)25-22(29)16-6-4-11-24-14-16/h4,6-14H,2-3,5H2,1H3,(H,25,29). The van der Waals surface area contributed by atoms with Gasteiger partial charge in [0.25, 0.3) is 5.91 Å². The largest absolute Gasteiger partial charge is 0.321 e. The molecule has 2 aromatic heterocycles. The fraction of sp³-hybridized carbons (Fsp3) is 0.182. The molecule has 29 heavy (non-hydrogen) atoms. The van der Waals surface area contributed by atoms with Gasteiger partial charge in [0.2, 0.25) is 0 Å². The van der Waals surface area contributed by atoms with Gasteiger partial charge >= 0.3 is 0 Å². The van der Waals surface area contributed by atoms with Crippen molar-refractivity contribution in [3.63, 3.8) is 0 Å². The Hall–Kier alpha value is -3.25. The maximum atomic E-state index is 12.4. The minimum Gasteiger partial charge on any atom is -0.321 e. The molecule has 0 saturated carbocycles. The SMILES string of the molecule is CCCCc1ccc(-n2nc3cc(Cl)c(NC(=O)c4cccnc4)cc3n2)cc1. The lowest BCUT2D eigenvalue weighted by Crippen LogP contribution is -2.12. The molecule has 0 bridgehead atoms. The third-order valence-corrected chi connectivity index (χ3v) is 4.94. The molecule has 0 aliphatic carbocycles. The molecule has 2 heterocycles. The summed E-state index contributed by atoms with van der Waals surface area (Å²) in [5.74, 6) is -0.283. The first-order valence-corrected chi connectivity index (χ1v) is 9.89. The number of anilines is 1. The zero-order valence-corrected chi connectivity index (χ0v) is 16.7. The lowest BCUT2D eigenvalue weighted by Gasteiger charge is -2.06. The van der Waals surface area contributed by atoms with Gasteiger partial charge in [0.15, 0.2) is 0 Å². The van der Waals surface area contributed by atoms with Gasteiger partial charge in [-0.25, -0.2) is 0 Å². The molecule has 0 fully saturated rings. The fourth-order valence-corrected chi connectivity index (χ4v) is 3.22. The number of pyridine rings is 1. The molecule has 0 atom stereocenters. The van der Waals surface area contributed by atoms with Gasteiger partial charge in [-0.05, 0) is 54.8 Å². The number of halogens is 1. The van der Waals surface area contributed by atoms with E-state index >= 15 is 0 Å². The predicted octanol–water partition coefficient (Wildman–Crippen LogP) is 5.06. The van der Waals surface area contributed by atoms with Crippen molar-refractivity contribution in [2.45, 2.75) is 26.2 Å². The van der Waals surface area contributed by atoms with E-state index in [0.717, 1.165) is 12.1 Å². The summed E-state index contributed by atoms with van der Waals surface area (Å²) < 4.78 is 0. The first-order valence-electron chi connectivity index (χ1n) is 9.51. The first kappa shape index (κ1) is 19.1. The van der Waals surface area contributed by atoms with E-state index < -0.39 is 0 Å². The van der Waals surface area contributed by atoms with Crippen LogP contribution in [0.1, 0.15) is 35.7 Å². The number of nitrogens with zero attached hydrogens (tertiary/aromatic N) is 4. The van der Waals surface area contributed by atoms with E-state index in [-0.39, 0.29) is 5.91 Å². The molecule has 2 aromatic carbocycles. The van der Waals surface area contributed by atoms with E-state index in [1.54, 1.807) is 35.3 Å². The van der Waals surface area contributed by atoms with Crippen LogP contribution in [0.5, 0.6) is 0 Å². The minimum absolute atomic E-state index is 0.283. The molecule has 4 rings (SSSR count). The number of nitrogens with one attached hydrogen (secondary N) is 1. The van der Waals surface area contributed by atoms with Gasteiger partial charge in [-0.1, -0.05) is 37.1 Å². The number of hydrogen-bond acceptors (Lipinski definition) is 4. The van der Waals surface area contributed by atoms with Crippen LogP contribution in [0.4, 0.5) is 5.69 Å². The Morgan fingerprint density at radius 1 is 1.10 bits per heavy atom. The number of hydrogen-bond donors (Lipinski definition) is 1. The van der Waals surface area contributed by atoms with Crippen LogP contribution in [-0.4, -0.2) is 25.9 Å². The van der Waals surface area contributed by atoms with Crippen LogP contribution in [0, 0.1) is 0 Å². The van der Waals surface area contributed by atoms with Gasteiger partial charge in [0.05, 0.1) is 22.0 Å². The van der Waals surface area contributed by atoms with Crippen molar-refractivity contribution in [3.8, 4) is 5.69 Å². The summed E-state index contributed by atoms with van der Waals surface area (Å²) in [5, 5.41) is 12.3. The lowest BCUT2D eigenvalue weighted by molar-refractivity contribution is 0.102. The van der Waals surface area contributed by atoms with Crippen LogP contribution < -0.4 is 5.32 Å². The number of rotatable bonds is 6. The molecular formula is C22H20ClN5O. The highest BCUT2D eigenvalue weighted by atomic mass is 35.5. The molecule has 146 valence electrons. The summed E-state index contributed by atoms with van der Waals surface area (Å²) in [5.41, 5.74) is 4.41.